The summed E-state index contributed by atoms with van der Waals surface area (Å²) in [5.41, 5.74) is -0.570. The van der Waals surface area contributed by atoms with Crippen LogP contribution in [0.4, 0.5) is 13.2 Å². The molecule has 0 bridgehead atoms. The summed E-state index contributed by atoms with van der Waals surface area (Å²) in [6, 6.07) is 2.79. The van der Waals surface area contributed by atoms with Crippen LogP contribution in [-0.2, 0) is 12.7 Å². The van der Waals surface area contributed by atoms with Gasteiger partial charge in [0.15, 0.2) is 0 Å². The van der Waals surface area contributed by atoms with Gasteiger partial charge in [-0.3, -0.25) is 0 Å². The molecule has 1 fully saturated rings. The lowest BCUT2D eigenvalue weighted by molar-refractivity contribution is -0.136. The van der Waals surface area contributed by atoms with E-state index in [1.54, 1.807) is 13.0 Å². The number of hydrogen-bond donors (Lipinski definition) is 3. The zero-order valence-electron chi connectivity index (χ0n) is 12.2. The average molecular weight is 313 g/mol. The fourth-order valence-electron chi connectivity index (χ4n) is 2.82. The fourth-order valence-corrected chi connectivity index (χ4v) is 2.82. The number of hydrogen-bond acceptors (Lipinski definition) is 3. The second-order valence-electron chi connectivity index (χ2n) is 6.04. The highest BCUT2D eigenvalue weighted by atomic mass is 19.4. The fraction of sp³-hybridized carbons (Fsp3) is 0.533. The minimum absolute atomic E-state index is 0.0497. The maximum atomic E-state index is 13.2. The van der Waals surface area contributed by atoms with Crippen LogP contribution in [0.25, 0.3) is 11.0 Å². The van der Waals surface area contributed by atoms with Crippen LogP contribution < -0.4 is 5.32 Å². The van der Waals surface area contributed by atoms with E-state index >= 15 is 0 Å². The number of benzene rings is 1. The first kappa shape index (κ1) is 15.3. The van der Waals surface area contributed by atoms with E-state index in [-0.39, 0.29) is 12.1 Å². The number of aromatic amines is 1. The number of aromatic nitrogens is 2. The van der Waals surface area contributed by atoms with Crippen LogP contribution in [0.5, 0.6) is 0 Å². The summed E-state index contributed by atoms with van der Waals surface area (Å²) in [6.07, 6.45) is -1.96. The van der Waals surface area contributed by atoms with Crippen molar-refractivity contribution in [1.29, 1.82) is 0 Å². The Morgan fingerprint density at radius 1 is 1.36 bits per heavy atom. The van der Waals surface area contributed by atoms with Gasteiger partial charge in [0.25, 0.3) is 0 Å². The average Bonchev–Trinajstić information content (AvgIpc) is 2.74. The minimum atomic E-state index is -4.44. The first-order valence-electron chi connectivity index (χ1n) is 7.26. The van der Waals surface area contributed by atoms with E-state index in [1.165, 1.54) is 0 Å². The Hall–Kier alpha value is -1.60. The quantitative estimate of drug-likeness (QED) is 0.813. The number of aryl methyl sites for hydroxylation is 1. The summed E-state index contributed by atoms with van der Waals surface area (Å²) in [7, 11) is 0. The second kappa shape index (κ2) is 5.24. The molecule has 2 aromatic rings. The molecule has 1 aromatic heterocycles. The van der Waals surface area contributed by atoms with Crippen LogP contribution in [0.15, 0.2) is 12.1 Å². The molecule has 22 heavy (non-hydrogen) atoms. The first-order valence-corrected chi connectivity index (χ1v) is 7.26. The molecule has 0 atom stereocenters. The maximum Gasteiger partial charge on any atom is 0.418 e. The molecule has 1 aliphatic rings. The summed E-state index contributed by atoms with van der Waals surface area (Å²) in [5, 5.41) is 13.0. The van der Waals surface area contributed by atoms with Gasteiger partial charge in [0.05, 0.1) is 16.7 Å². The Bertz CT molecular complexity index is 689. The number of rotatable bonds is 4. The van der Waals surface area contributed by atoms with Gasteiger partial charge in [-0.25, -0.2) is 4.98 Å². The van der Waals surface area contributed by atoms with Crippen LogP contribution in [-0.4, -0.2) is 27.2 Å². The summed E-state index contributed by atoms with van der Waals surface area (Å²) < 4.78 is 39.5. The third-order valence-corrected chi connectivity index (χ3v) is 4.14. The molecule has 3 rings (SSSR count). The number of halogens is 3. The smallest absolute Gasteiger partial charge is 0.389 e. The lowest BCUT2D eigenvalue weighted by Crippen LogP contribution is -2.45. The maximum absolute atomic E-state index is 13.2. The van der Waals surface area contributed by atoms with E-state index in [9.17, 15) is 18.3 Å². The van der Waals surface area contributed by atoms with Crippen molar-refractivity contribution in [2.45, 2.75) is 44.5 Å². The minimum Gasteiger partial charge on any atom is -0.389 e. The van der Waals surface area contributed by atoms with Crippen LogP contribution in [0, 0.1) is 6.92 Å². The predicted molar refractivity (Wildman–Crippen MR) is 76.3 cm³/mol. The van der Waals surface area contributed by atoms with Gasteiger partial charge >= 0.3 is 6.18 Å². The van der Waals surface area contributed by atoms with Crippen molar-refractivity contribution in [3.05, 3.63) is 29.1 Å². The normalized spacial score (nSPS) is 17.7. The van der Waals surface area contributed by atoms with Gasteiger partial charge in [-0.05, 0) is 43.9 Å². The molecular weight excluding hydrogens is 295 g/mol. The van der Waals surface area contributed by atoms with E-state index in [0.29, 0.717) is 23.4 Å². The summed E-state index contributed by atoms with van der Waals surface area (Å²) >= 11 is 0. The molecule has 1 aliphatic carbocycles. The van der Waals surface area contributed by atoms with E-state index < -0.39 is 17.3 Å². The monoisotopic (exact) mass is 313 g/mol. The molecule has 4 nitrogen and oxygen atoms in total. The van der Waals surface area contributed by atoms with Gasteiger partial charge in [0.2, 0.25) is 0 Å². The van der Waals surface area contributed by atoms with E-state index in [4.69, 9.17) is 0 Å². The summed E-state index contributed by atoms with van der Waals surface area (Å²) in [5.74, 6) is 0.453. The molecule has 0 amide bonds. The van der Waals surface area contributed by atoms with Gasteiger partial charge in [0, 0.05) is 13.1 Å². The van der Waals surface area contributed by atoms with Gasteiger partial charge in [-0.15, -0.1) is 0 Å². The largest absolute Gasteiger partial charge is 0.418 e. The molecule has 0 aliphatic heterocycles. The first-order chi connectivity index (χ1) is 10.3. The van der Waals surface area contributed by atoms with Crippen LogP contribution >= 0.6 is 0 Å². The molecule has 7 heteroatoms. The standard InChI is InChI=1S/C15H18F3N3O/c1-9-20-12-6-10(7-19-8-14(22)3-2-4-14)5-11(13(12)21-9)15(16,17)18/h5-6,19,22H,2-4,7-8H2,1H3,(H,20,21). The topological polar surface area (TPSA) is 60.9 Å². The predicted octanol–water partition coefficient (Wildman–Crippen LogP) is 2.89. The third-order valence-electron chi connectivity index (χ3n) is 4.14. The van der Waals surface area contributed by atoms with Crippen molar-refractivity contribution in [3.8, 4) is 0 Å². The van der Waals surface area contributed by atoms with Crippen LogP contribution in [0.1, 0.15) is 36.2 Å². The van der Waals surface area contributed by atoms with Crippen molar-refractivity contribution in [2.75, 3.05) is 6.54 Å². The molecule has 120 valence electrons. The number of aliphatic hydroxyl groups is 1. The Balaban J connectivity index is 1.83. The number of fused-ring (bicyclic) bond motifs is 1. The van der Waals surface area contributed by atoms with Gasteiger partial charge in [-0.1, -0.05) is 0 Å². The SMILES string of the molecule is Cc1nc2c(C(F)(F)F)cc(CNCC3(O)CCC3)cc2[nH]1. The summed E-state index contributed by atoms with van der Waals surface area (Å²) in [4.78, 5) is 6.78. The molecular formula is C15H18F3N3O. The van der Waals surface area contributed by atoms with Crippen molar-refractivity contribution in [2.24, 2.45) is 0 Å². The molecule has 1 saturated carbocycles. The Kier molecular flexibility index (Phi) is 3.65. The summed E-state index contributed by atoms with van der Waals surface area (Å²) in [6.45, 7) is 2.30. The molecule has 0 unspecified atom stereocenters. The highest BCUT2D eigenvalue weighted by Gasteiger charge is 2.35. The van der Waals surface area contributed by atoms with Gasteiger partial charge in [-0.2, -0.15) is 13.2 Å². The molecule has 1 aromatic carbocycles. The molecule has 0 spiro atoms. The third kappa shape index (κ3) is 2.96. The highest BCUT2D eigenvalue weighted by Crippen LogP contribution is 2.35. The molecule has 0 radical (unpaired) electrons. The van der Waals surface area contributed by atoms with E-state index in [0.717, 1.165) is 25.3 Å². The Morgan fingerprint density at radius 2 is 2.09 bits per heavy atom. The van der Waals surface area contributed by atoms with Crippen LogP contribution in [0.3, 0.4) is 0 Å². The zero-order chi connectivity index (χ0) is 16.0. The molecule has 1 heterocycles. The lowest BCUT2D eigenvalue weighted by atomic mass is 9.80. The van der Waals surface area contributed by atoms with Crippen molar-refractivity contribution in [3.63, 3.8) is 0 Å². The van der Waals surface area contributed by atoms with Crippen molar-refractivity contribution >= 4 is 11.0 Å². The molecule has 3 N–H and O–H groups in total. The second-order valence-corrected chi connectivity index (χ2v) is 6.04. The highest BCUT2D eigenvalue weighted by molar-refractivity contribution is 5.80. The number of nitrogens with zero attached hydrogens (tertiary/aromatic N) is 1. The zero-order valence-corrected chi connectivity index (χ0v) is 12.2. The van der Waals surface area contributed by atoms with E-state index in [1.807, 2.05) is 0 Å². The number of alkyl halides is 3. The molecule has 0 saturated heterocycles. The number of imidazole rings is 1. The van der Waals surface area contributed by atoms with Crippen molar-refractivity contribution < 1.29 is 18.3 Å². The van der Waals surface area contributed by atoms with Gasteiger partial charge in [0.1, 0.15) is 11.3 Å². The van der Waals surface area contributed by atoms with Crippen molar-refractivity contribution in [1.82, 2.24) is 15.3 Å². The number of nitrogens with one attached hydrogen (secondary N) is 2. The Morgan fingerprint density at radius 3 is 2.68 bits per heavy atom. The Labute approximate surface area is 125 Å². The number of H-pyrrole nitrogens is 1. The van der Waals surface area contributed by atoms with Gasteiger partial charge < -0.3 is 15.4 Å². The van der Waals surface area contributed by atoms with Crippen LogP contribution in [0.2, 0.25) is 0 Å². The lowest BCUT2D eigenvalue weighted by Gasteiger charge is -2.36. The van der Waals surface area contributed by atoms with E-state index in [2.05, 4.69) is 15.3 Å².